The molecule has 1 heteroatoms. The largest absolute Gasteiger partial charge is 0.456 e. The first-order chi connectivity index (χ1) is 7.36. The zero-order valence-corrected chi connectivity index (χ0v) is 8.23. The van der Waals surface area contributed by atoms with E-state index < -0.39 is 0 Å². The van der Waals surface area contributed by atoms with Crippen molar-refractivity contribution < 1.29 is 4.74 Å². The zero-order chi connectivity index (χ0) is 10.3. The van der Waals surface area contributed by atoms with E-state index in [0.29, 0.717) is 0 Å². The number of rotatable bonds is 0. The van der Waals surface area contributed by atoms with Crippen LogP contribution < -0.4 is 4.74 Å². The van der Waals surface area contributed by atoms with Crippen LogP contribution in [0.2, 0.25) is 0 Å². The number of hydrogen-bond donors (Lipinski definition) is 0. The highest BCUT2D eigenvalue weighted by atomic mass is 16.5. The fraction of sp³-hybridized carbons (Fsp3) is 0. The van der Waals surface area contributed by atoms with Crippen LogP contribution in [0.3, 0.4) is 0 Å². The van der Waals surface area contributed by atoms with Gasteiger partial charge in [0.2, 0.25) is 0 Å². The summed E-state index contributed by atoms with van der Waals surface area (Å²) in [5, 5.41) is 0. The molecule has 3 rings (SSSR count). The molecule has 2 aromatic carbocycles. The molecule has 0 fully saturated rings. The Labute approximate surface area is 88.6 Å². The van der Waals surface area contributed by atoms with Gasteiger partial charge in [-0.3, -0.25) is 0 Å². The van der Waals surface area contributed by atoms with Crippen LogP contribution >= 0.6 is 0 Å². The first-order valence-corrected chi connectivity index (χ1v) is 4.92. The summed E-state index contributed by atoms with van der Waals surface area (Å²) in [5.74, 6) is 1.78. The summed E-state index contributed by atoms with van der Waals surface area (Å²) in [6.45, 7) is 4.12. The van der Waals surface area contributed by atoms with E-state index >= 15 is 0 Å². The molecule has 0 atom stereocenters. The Morgan fingerprint density at radius 2 is 1.20 bits per heavy atom. The van der Waals surface area contributed by atoms with Gasteiger partial charge in [0, 0.05) is 11.1 Å². The Balaban J connectivity index is 2.24. The van der Waals surface area contributed by atoms with Gasteiger partial charge in [0.15, 0.2) is 0 Å². The van der Waals surface area contributed by atoms with Gasteiger partial charge in [0.1, 0.15) is 11.5 Å². The summed E-state index contributed by atoms with van der Waals surface area (Å²) in [7, 11) is 0. The maximum Gasteiger partial charge on any atom is 0.135 e. The topological polar surface area (TPSA) is 9.23 Å². The van der Waals surface area contributed by atoms with E-state index in [1.165, 1.54) is 0 Å². The van der Waals surface area contributed by atoms with Gasteiger partial charge in [0.05, 0.1) is 0 Å². The summed E-state index contributed by atoms with van der Waals surface area (Å²) in [6, 6.07) is 16.0. The summed E-state index contributed by atoms with van der Waals surface area (Å²) in [5.41, 5.74) is 3.19. The van der Waals surface area contributed by atoms with Crippen LogP contribution in [0, 0.1) is 0 Å². The summed E-state index contributed by atoms with van der Waals surface area (Å²) < 4.78 is 5.79. The zero-order valence-electron chi connectivity index (χ0n) is 8.23. The van der Waals surface area contributed by atoms with Crippen molar-refractivity contribution in [1.29, 1.82) is 0 Å². The molecule has 0 amide bonds. The summed E-state index contributed by atoms with van der Waals surface area (Å²) in [4.78, 5) is 0. The van der Waals surface area contributed by atoms with Gasteiger partial charge in [-0.15, -0.1) is 0 Å². The number of para-hydroxylation sites is 2. The molecule has 0 unspecified atom stereocenters. The van der Waals surface area contributed by atoms with Crippen molar-refractivity contribution in [2.45, 2.75) is 0 Å². The smallest absolute Gasteiger partial charge is 0.135 e. The predicted molar refractivity (Wildman–Crippen MR) is 61.1 cm³/mol. The van der Waals surface area contributed by atoms with E-state index in [1.807, 2.05) is 48.5 Å². The standard InChI is InChI=1S/C14H10O/c1-10-11-6-2-4-8-13(11)15-14-9-5-3-7-12(10)14/h2-9H,1H2. The van der Waals surface area contributed by atoms with Crippen LogP contribution in [0.15, 0.2) is 55.1 Å². The van der Waals surface area contributed by atoms with Crippen molar-refractivity contribution in [3.8, 4) is 11.5 Å². The number of benzene rings is 2. The minimum absolute atomic E-state index is 0.890. The Morgan fingerprint density at radius 3 is 1.73 bits per heavy atom. The Kier molecular flexibility index (Phi) is 1.65. The number of hydrogen-bond acceptors (Lipinski definition) is 1. The second-order valence-corrected chi connectivity index (χ2v) is 3.57. The molecule has 0 saturated carbocycles. The Morgan fingerprint density at radius 1 is 0.733 bits per heavy atom. The van der Waals surface area contributed by atoms with Crippen molar-refractivity contribution in [2.75, 3.05) is 0 Å². The monoisotopic (exact) mass is 194 g/mol. The van der Waals surface area contributed by atoms with E-state index in [4.69, 9.17) is 4.74 Å². The Hall–Kier alpha value is -2.02. The van der Waals surface area contributed by atoms with Crippen molar-refractivity contribution in [3.05, 3.63) is 66.2 Å². The maximum atomic E-state index is 5.79. The first-order valence-electron chi connectivity index (χ1n) is 4.92. The van der Waals surface area contributed by atoms with Crippen LogP contribution in [-0.2, 0) is 0 Å². The predicted octanol–water partition coefficient (Wildman–Crippen LogP) is 3.85. The molecule has 0 N–H and O–H groups in total. The van der Waals surface area contributed by atoms with Gasteiger partial charge in [-0.05, 0) is 17.7 Å². The molecule has 1 aliphatic heterocycles. The van der Waals surface area contributed by atoms with E-state index in [-0.39, 0.29) is 0 Å². The quantitative estimate of drug-likeness (QED) is 0.528. The van der Waals surface area contributed by atoms with Gasteiger partial charge >= 0.3 is 0 Å². The van der Waals surface area contributed by atoms with E-state index in [1.54, 1.807) is 0 Å². The molecule has 72 valence electrons. The van der Waals surface area contributed by atoms with Crippen molar-refractivity contribution >= 4 is 5.57 Å². The SMILES string of the molecule is C=C1c2ccccc2Oc2ccccc21. The number of ether oxygens (including phenoxy) is 1. The summed E-state index contributed by atoms with van der Waals surface area (Å²) >= 11 is 0. The third-order valence-corrected chi connectivity index (χ3v) is 2.64. The molecular formula is C14H10O. The van der Waals surface area contributed by atoms with Gasteiger partial charge in [-0.2, -0.15) is 0 Å². The lowest BCUT2D eigenvalue weighted by molar-refractivity contribution is 0.474. The fourth-order valence-electron chi connectivity index (χ4n) is 1.87. The average Bonchev–Trinajstić information content (AvgIpc) is 2.30. The third kappa shape index (κ3) is 1.17. The lowest BCUT2D eigenvalue weighted by Crippen LogP contribution is -2.00. The lowest BCUT2D eigenvalue weighted by atomic mass is 9.96. The molecule has 1 nitrogen and oxygen atoms in total. The minimum Gasteiger partial charge on any atom is -0.456 e. The van der Waals surface area contributed by atoms with Crippen LogP contribution in [0.4, 0.5) is 0 Å². The van der Waals surface area contributed by atoms with Gasteiger partial charge in [-0.1, -0.05) is 43.0 Å². The second-order valence-electron chi connectivity index (χ2n) is 3.57. The van der Waals surface area contributed by atoms with Crippen LogP contribution in [0.1, 0.15) is 11.1 Å². The van der Waals surface area contributed by atoms with E-state index in [2.05, 4.69) is 6.58 Å². The second kappa shape index (κ2) is 2.99. The third-order valence-electron chi connectivity index (χ3n) is 2.64. The highest BCUT2D eigenvalue weighted by Crippen LogP contribution is 2.41. The summed E-state index contributed by atoms with van der Waals surface area (Å²) in [6.07, 6.45) is 0. The molecule has 0 aliphatic carbocycles. The first kappa shape index (κ1) is 8.30. The molecular weight excluding hydrogens is 184 g/mol. The number of fused-ring (bicyclic) bond motifs is 2. The van der Waals surface area contributed by atoms with Crippen molar-refractivity contribution in [3.63, 3.8) is 0 Å². The molecule has 15 heavy (non-hydrogen) atoms. The normalized spacial score (nSPS) is 12.7. The van der Waals surface area contributed by atoms with Crippen LogP contribution in [-0.4, -0.2) is 0 Å². The van der Waals surface area contributed by atoms with Crippen LogP contribution in [0.5, 0.6) is 11.5 Å². The van der Waals surface area contributed by atoms with Crippen molar-refractivity contribution in [1.82, 2.24) is 0 Å². The molecule has 1 heterocycles. The Bertz CT molecular complexity index is 493. The van der Waals surface area contributed by atoms with Gasteiger partial charge in [0.25, 0.3) is 0 Å². The fourth-order valence-corrected chi connectivity index (χ4v) is 1.87. The van der Waals surface area contributed by atoms with Gasteiger partial charge < -0.3 is 4.74 Å². The average molecular weight is 194 g/mol. The van der Waals surface area contributed by atoms with Gasteiger partial charge in [-0.25, -0.2) is 0 Å². The molecule has 2 aromatic rings. The highest BCUT2D eigenvalue weighted by molar-refractivity contribution is 5.86. The maximum absolute atomic E-state index is 5.79. The molecule has 0 saturated heterocycles. The molecule has 0 aromatic heterocycles. The van der Waals surface area contributed by atoms with E-state index in [0.717, 1.165) is 28.2 Å². The van der Waals surface area contributed by atoms with Crippen LogP contribution in [0.25, 0.3) is 5.57 Å². The minimum atomic E-state index is 0.890. The van der Waals surface area contributed by atoms with E-state index in [9.17, 15) is 0 Å². The highest BCUT2D eigenvalue weighted by Gasteiger charge is 2.18. The molecule has 0 radical (unpaired) electrons. The molecule has 1 aliphatic rings. The molecule has 0 bridgehead atoms. The molecule has 0 spiro atoms. The van der Waals surface area contributed by atoms with Crippen molar-refractivity contribution in [2.24, 2.45) is 0 Å². The lowest BCUT2D eigenvalue weighted by Gasteiger charge is -2.21.